The molecule has 36 heavy (non-hydrogen) atoms. The smallest absolute Gasteiger partial charge is 0.0699 e. The van der Waals surface area contributed by atoms with Crippen LogP contribution in [-0.2, 0) is 0 Å². The molecule has 7 rings (SSSR count). The summed E-state index contributed by atoms with van der Waals surface area (Å²) in [6.45, 7) is 0. The van der Waals surface area contributed by atoms with Crippen molar-refractivity contribution >= 4 is 51.6 Å². The van der Waals surface area contributed by atoms with Crippen molar-refractivity contribution in [2.75, 3.05) is 28.8 Å². The molecule has 2 heterocycles. The first-order valence-electron chi connectivity index (χ1n) is 12.2. The average molecular weight is 484 g/mol. The number of anilines is 7. The molecule has 0 saturated heterocycles. The number of rotatable bonds is 2. The average Bonchev–Trinajstić information content (AvgIpc) is 2.93. The largest absolute Gasteiger partial charge is 0.343 e. The van der Waals surface area contributed by atoms with E-state index in [0.717, 1.165) is 5.69 Å². The van der Waals surface area contributed by atoms with E-state index in [0.29, 0.717) is 0 Å². The number of hydrogen-bond acceptors (Lipinski definition) is 4. The van der Waals surface area contributed by atoms with Crippen LogP contribution in [0.15, 0.2) is 125 Å². The van der Waals surface area contributed by atoms with E-state index >= 15 is 0 Å². The van der Waals surface area contributed by atoms with E-state index in [1.165, 1.54) is 55.0 Å². The van der Waals surface area contributed by atoms with Crippen molar-refractivity contribution < 1.29 is 0 Å². The molecule has 0 N–H and O–H groups in total. The van der Waals surface area contributed by atoms with Crippen LogP contribution in [0.1, 0.15) is 0 Å². The molecule has 0 saturated carbocycles. The van der Waals surface area contributed by atoms with Crippen LogP contribution in [0, 0.1) is 0 Å². The third-order valence-electron chi connectivity index (χ3n) is 7.17. The minimum atomic E-state index is 1.16. The predicted molar refractivity (Wildman–Crippen MR) is 153 cm³/mol. The highest BCUT2D eigenvalue weighted by Crippen LogP contribution is 2.51. The highest BCUT2D eigenvalue weighted by Gasteiger charge is 2.27. The lowest BCUT2D eigenvalue weighted by molar-refractivity contribution is 1.11. The van der Waals surface area contributed by atoms with Gasteiger partial charge in [-0.1, -0.05) is 66.4 Å². The Kier molecular flexibility index (Phi) is 4.83. The Bertz CT molecular complexity index is 1580. The molecular formula is C32H25N3S. The van der Waals surface area contributed by atoms with E-state index in [1.54, 1.807) is 0 Å². The second-order valence-electron chi connectivity index (χ2n) is 9.23. The molecule has 0 aliphatic carbocycles. The monoisotopic (exact) mass is 483 g/mol. The van der Waals surface area contributed by atoms with Gasteiger partial charge in [0.25, 0.3) is 0 Å². The van der Waals surface area contributed by atoms with Crippen LogP contribution in [0.3, 0.4) is 0 Å². The quantitative estimate of drug-likeness (QED) is 0.247. The van der Waals surface area contributed by atoms with E-state index in [1.807, 2.05) is 11.8 Å². The van der Waals surface area contributed by atoms with E-state index in [4.69, 9.17) is 0 Å². The van der Waals surface area contributed by atoms with Gasteiger partial charge in [0.15, 0.2) is 0 Å². The normalized spacial score (nSPS) is 13.6. The Morgan fingerprint density at radius 3 is 1.72 bits per heavy atom. The van der Waals surface area contributed by atoms with Gasteiger partial charge in [-0.25, -0.2) is 0 Å². The molecule has 5 aromatic rings. The lowest BCUT2D eigenvalue weighted by atomic mass is 10.0. The third kappa shape index (κ3) is 3.22. The summed E-state index contributed by atoms with van der Waals surface area (Å²) >= 11 is 1.85. The number of benzene rings is 5. The summed E-state index contributed by atoms with van der Waals surface area (Å²) in [4.78, 5) is 9.55. The van der Waals surface area contributed by atoms with E-state index < -0.39 is 0 Å². The van der Waals surface area contributed by atoms with Gasteiger partial charge in [-0.3, -0.25) is 0 Å². The topological polar surface area (TPSA) is 9.72 Å². The van der Waals surface area contributed by atoms with Crippen LogP contribution < -0.4 is 14.7 Å². The maximum Gasteiger partial charge on any atom is 0.0699 e. The first-order valence-corrected chi connectivity index (χ1v) is 13.0. The van der Waals surface area contributed by atoms with E-state index in [2.05, 4.69) is 144 Å². The SMILES string of the molecule is CN1c2ccccc2Sc2ccc(-c3cccc(N4c5ccccc5N(C)c5ccccc54)c3)cc21. The van der Waals surface area contributed by atoms with Crippen molar-refractivity contribution in [1.29, 1.82) is 0 Å². The molecule has 174 valence electrons. The molecule has 5 aromatic carbocycles. The fourth-order valence-corrected chi connectivity index (χ4v) is 6.48. The van der Waals surface area contributed by atoms with Crippen molar-refractivity contribution in [3.63, 3.8) is 0 Å². The molecule has 3 nitrogen and oxygen atoms in total. The summed E-state index contributed by atoms with van der Waals surface area (Å²) in [5.74, 6) is 0. The van der Waals surface area contributed by atoms with Crippen LogP contribution in [0.5, 0.6) is 0 Å². The minimum Gasteiger partial charge on any atom is -0.343 e. The fourth-order valence-electron chi connectivity index (χ4n) is 5.35. The number of fused-ring (bicyclic) bond motifs is 4. The van der Waals surface area contributed by atoms with Gasteiger partial charge in [-0.2, -0.15) is 0 Å². The lowest BCUT2D eigenvalue weighted by Gasteiger charge is -2.38. The number of para-hydroxylation sites is 5. The highest BCUT2D eigenvalue weighted by molar-refractivity contribution is 7.99. The molecule has 4 heteroatoms. The molecule has 0 amide bonds. The second-order valence-corrected chi connectivity index (χ2v) is 10.3. The Balaban J connectivity index is 1.33. The Morgan fingerprint density at radius 1 is 0.444 bits per heavy atom. The first-order chi connectivity index (χ1) is 17.7. The third-order valence-corrected chi connectivity index (χ3v) is 8.30. The van der Waals surface area contributed by atoms with Crippen molar-refractivity contribution in [2.45, 2.75) is 9.79 Å². The molecule has 2 aliphatic rings. The molecular weight excluding hydrogens is 458 g/mol. The fraction of sp³-hybridized carbons (Fsp3) is 0.0625. The molecule has 0 aromatic heterocycles. The van der Waals surface area contributed by atoms with Crippen molar-refractivity contribution in [3.8, 4) is 11.1 Å². The molecule has 2 aliphatic heterocycles. The number of hydrogen-bond donors (Lipinski definition) is 0. The van der Waals surface area contributed by atoms with Crippen LogP contribution >= 0.6 is 11.8 Å². The number of nitrogens with zero attached hydrogens (tertiary/aromatic N) is 3. The zero-order chi connectivity index (χ0) is 24.2. The molecule has 0 radical (unpaired) electrons. The summed E-state index contributed by atoms with van der Waals surface area (Å²) < 4.78 is 0. The summed E-state index contributed by atoms with van der Waals surface area (Å²) in [6, 6.07) is 41.6. The van der Waals surface area contributed by atoms with Crippen LogP contribution in [-0.4, -0.2) is 14.1 Å². The predicted octanol–water partition coefficient (Wildman–Crippen LogP) is 9.14. The van der Waals surface area contributed by atoms with Gasteiger partial charge in [-0.05, 0) is 71.8 Å². The first kappa shape index (κ1) is 21.2. The maximum absolute atomic E-state index is 2.38. The van der Waals surface area contributed by atoms with Crippen molar-refractivity contribution in [3.05, 3.63) is 115 Å². The maximum atomic E-state index is 2.38. The van der Waals surface area contributed by atoms with Crippen LogP contribution in [0.25, 0.3) is 11.1 Å². The van der Waals surface area contributed by atoms with Crippen molar-refractivity contribution in [1.82, 2.24) is 0 Å². The minimum absolute atomic E-state index is 1.16. The molecule has 0 atom stereocenters. The zero-order valence-electron chi connectivity index (χ0n) is 20.2. The molecule has 0 spiro atoms. The van der Waals surface area contributed by atoms with Gasteiger partial charge in [-0.15, -0.1) is 0 Å². The summed E-state index contributed by atoms with van der Waals surface area (Å²) in [6.07, 6.45) is 0. The standard InChI is InChI=1S/C32H25N3S/c1-33-25-12-3-5-14-27(25)35(28-15-6-4-13-26(28)33)24-11-9-10-22(20-24)23-18-19-32-30(21-23)34(2)29-16-7-8-17-31(29)36-32/h3-21H,1-2H3. The Labute approximate surface area is 216 Å². The summed E-state index contributed by atoms with van der Waals surface area (Å²) in [5, 5.41) is 0. The Hall–Kier alpha value is -4.15. The summed E-state index contributed by atoms with van der Waals surface area (Å²) in [5.41, 5.74) is 10.9. The van der Waals surface area contributed by atoms with Gasteiger partial charge in [0.05, 0.1) is 34.1 Å². The molecule has 0 unspecified atom stereocenters. The van der Waals surface area contributed by atoms with Gasteiger partial charge < -0.3 is 14.7 Å². The van der Waals surface area contributed by atoms with E-state index in [9.17, 15) is 0 Å². The van der Waals surface area contributed by atoms with Gasteiger partial charge in [0, 0.05) is 29.6 Å². The molecule has 0 fully saturated rings. The molecule has 0 bridgehead atoms. The summed E-state index contributed by atoms with van der Waals surface area (Å²) in [7, 11) is 4.31. The lowest BCUT2D eigenvalue weighted by Crippen LogP contribution is -2.23. The second kappa shape index (κ2) is 8.21. The zero-order valence-corrected chi connectivity index (χ0v) is 21.0. The van der Waals surface area contributed by atoms with Gasteiger partial charge >= 0.3 is 0 Å². The highest BCUT2D eigenvalue weighted by atomic mass is 32.2. The van der Waals surface area contributed by atoms with Gasteiger partial charge in [0.2, 0.25) is 0 Å². The van der Waals surface area contributed by atoms with E-state index in [-0.39, 0.29) is 0 Å². The van der Waals surface area contributed by atoms with Gasteiger partial charge in [0.1, 0.15) is 0 Å². The Morgan fingerprint density at radius 2 is 1.00 bits per heavy atom. The van der Waals surface area contributed by atoms with Crippen molar-refractivity contribution in [2.24, 2.45) is 0 Å². The van der Waals surface area contributed by atoms with Crippen LogP contribution in [0.4, 0.5) is 39.8 Å². The van der Waals surface area contributed by atoms with Crippen LogP contribution in [0.2, 0.25) is 0 Å².